The van der Waals surface area contributed by atoms with Gasteiger partial charge in [0, 0.05) is 5.02 Å². The van der Waals surface area contributed by atoms with E-state index in [9.17, 15) is 0 Å². The van der Waals surface area contributed by atoms with Crippen LogP contribution in [0.5, 0.6) is 5.75 Å². The highest BCUT2D eigenvalue weighted by atomic mass is 35.5. The number of hydrogen-bond donors (Lipinski definition) is 1. The van der Waals surface area contributed by atoms with Crippen LogP contribution >= 0.6 is 11.6 Å². The molecule has 2 rings (SSSR count). The van der Waals surface area contributed by atoms with Gasteiger partial charge in [-0.1, -0.05) is 11.6 Å². The minimum absolute atomic E-state index is 0.761. The number of nitrogens with one attached hydrogen (secondary N) is 1. The van der Waals surface area contributed by atoms with Gasteiger partial charge in [0.05, 0.1) is 26.2 Å². The van der Waals surface area contributed by atoms with Gasteiger partial charge in [0.25, 0.3) is 0 Å². The van der Waals surface area contributed by atoms with Gasteiger partial charge in [-0.3, -0.25) is 0 Å². The first-order chi connectivity index (χ1) is 9.34. The van der Waals surface area contributed by atoms with Crippen LogP contribution in [-0.4, -0.2) is 26.2 Å². The maximum Gasteiger partial charge on any atom is 0.119 e. The summed E-state index contributed by atoms with van der Waals surface area (Å²) in [6.07, 6.45) is 8.11. The Morgan fingerprint density at radius 3 is 2.32 bits per heavy atom. The second-order valence-corrected chi connectivity index (χ2v) is 5.86. The summed E-state index contributed by atoms with van der Waals surface area (Å²) >= 11 is 5.84. The lowest BCUT2D eigenvalue weighted by Gasteiger charge is -2.16. The predicted octanol–water partition coefficient (Wildman–Crippen LogP) is 2.96. The summed E-state index contributed by atoms with van der Waals surface area (Å²) < 4.78 is 5.71. The molecule has 0 aliphatic carbocycles. The van der Waals surface area contributed by atoms with Crippen molar-refractivity contribution in [2.24, 2.45) is 0 Å². The van der Waals surface area contributed by atoms with Crippen LogP contribution in [0.15, 0.2) is 24.3 Å². The van der Waals surface area contributed by atoms with Crippen LogP contribution in [0.4, 0.5) is 0 Å². The Hall–Kier alpha value is -0.730. The van der Waals surface area contributed by atoms with Crippen LogP contribution in [-0.2, 0) is 0 Å². The maximum atomic E-state index is 5.84. The van der Waals surface area contributed by atoms with E-state index in [1.807, 2.05) is 24.3 Å². The Labute approximate surface area is 121 Å². The number of halogens is 1. The first-order valence-corrected chi connectivity index (χ1v) is 7.94. The van der Waals surface area contributed by atoms with Gasteiger partial charge >= 0.3 is 0 Å². The van der Waals surface area contributed by atoms with Crippen LogP contribution in [0.1, 0.15) is 38.5 Å². The van der Waals surface area contributed by atoms with E-state index >= 15 is 0 Å². The van der Waals surface area contributed by atoms with E-state index < -0.39 is 0 Å². The second-order valence-electron chi connectivity index (χ2n) is 5.42. The number of unbranched alkanes of at least 4 members (excludes halogenated alkanes) is 1. The summed E-state index contributed by atoms with van der Waals surface area (Å²) in [4.78, 5) is 1.80. The van der Waals surface area contributed by atoms with E-state index in [-0.39, 0.29) is 0 Å². The minimum Gasteiger partial charge on any atom is -0.494 e. The van der Waals surface area contributed by atoms with Gasteiger partial charge in [-0.15, -0.1) is 0 Å². The molecule has 0 aromatic heterocycles. The predicted molar refractivity (Wildman–Crippen MR) is 80.2 cm³/mol. The monoisotopic (exact) mass is 282 g/mol. The highest BCUT2D eigenvalue weighted by Crippen LogP contribution is 2.15. The highest BCUT2D eigenvalue weighted by Gasteiger charge is 2.11. The molecule has 0 atom stereocenters. The van der Waals surface area contributed by atoms with Crippen molar-refractivity contribution in [3.05, 3.63) is 29.3 Å². The van der Waals surface area contributed by atoms with Crippen LogP contribution in [0.25, 0.3) is 0 Å². The van der Waals surface area contributed by atoms with E-state index in [1.165, 1.54) is 51.7 Å². The molecular weight excluding hydrogens is 258 g/mol. The molecule has 19 heavy (non-hydrogen) atoms. The van der Waals surface area contributed by atoms with Crippen molar-refractivity contribution in [1.82, 2.24) is 0 Å². The standard InChI is InChI=1S/C16H24ClNO/c17-15-7-9-16(10-8-15)19-14-6-5-13-18-11-3-1-2-4-12-18/h7-10H,1-6,11-14H2/p+1. The first kappa shape index (κ1) is 14.7. The molecule has 0 bridgehead atoms. The Balaban J connectivity index is 1.55. The normalized spacial score (nSPS) is 17.1. The maximum absolute atomic E-state index is 5.84. The summed E-state index contributed by atoms with van der Waals surface area (Å²) in [5.74, 6) is 0.923. The summed E-state index contributed by atoms with van der Waals surface area (Å²) in [5.41, 5.74) is 0. The van der Waals surface area contributed by atoms with E-state index in [1.54, 1.807) is 4.90 Å². The number of rotatable bonds is 6. The van der Waals surface area contributed by atoms with E-state index in [2.05, 4.69) is 0 Å². The fourth-order valence-electron chi connectivity index (χ4n) is 2.68. The molecule has 1 N–H and O–H groups in total. The lowest BCUT2D eigenvalue weighted by atomic mass is 10.2. The summed E-state index contributed by atoms with van der Waals surface area (Å²) in [5, 5.41) is 0.761. The lowest BCUT2D eigenvalue weighted by Crippen LogP contribution is -3.11. The molecule has 0 amide bonds. The molecule has 0 spiro atoms. The molecule has 0 saturated carbocycles. The van der Waals surface area contributed by atoms with Crippen molar-refractivity contribution in [2.45, 2.75) is 38.5 Å². The third kappa shape index (κ3) is 5.84. The van der Waals surface area contributed by atoms with Gasteiger partial charge in [-0.05, 0) is 62.8 Å². The third-order valence-electron chi connectivity index (χ3n) is 3.82. The average molecular weight is 283 g/mol. The Morgan fingerprint density at radius 1 is 0.947 bits per heavy atom. The molecule has 2 nitrogen and oxygen atoms in total. The van der Waals surface area contributed by atoms with Crippen molar-refractivity contribution in [3.8, 4) is 5.75 Å². The molecule has 0 unspecified atom stereocenters. The molecule has 1 aliphatic rings. The topological polar surface area (TPSA) is 13.7 Å². The highest BCUT2D eigenvalue weighted by molar-refractivity contribution is 6.30. The molecule has 1 heterocycles. The number of hydrogen-bond acceptors (Lipinski definition) is 1. The van der Waals surface area contributed by atoms with Crippen molar-refractivity contribution >= 4 is 11.6 Å². The number of likely N-dealkylation sites (tertiary alicyclic amines) is 1. The van der Waals surface area contributed by atoms with Gasteiger partial charge in [0.1, 0.15) is 5.75 Å². The zero-order valence-electron chi connectivity index (χ0n) is 11.7. The van der Waals surface area contributed by atoms with E-state index in [0.717, 1.165) is 23.8 Å². The third-order valence-corrected chi connectivity index (χ3v) is 4.07. The first-order valence-electron chi connectivity index (χ1n) is 7.56. The molecule has 1 aromatic carbocycles. The lowest BCUT2D eigenvalue weighted by molar-refractivity contribution is -0.899. The van der Waals surface area contributed by atoms with Crippen LogP contribution in [0, 0.1) is 0 Å². The zero-order valence-corrected chi connectivity index (χ0v) is 12.4. The van der Waals surface area contributed by atoms with Gasteiger partial charge in [-0.25, -0.2) is 0 Å². The van der Waals surface area contributed by atoms with Crippen LogP contribution < -0.4 is 9.64 Å². The second kappa shape index (κ2) is 8.44. The fourth-order valence-corrected chi connectivity index (χ4v) is 2.80. The van der Waals surface area contributed by atoms with Gasteiger partial charge in [-0.2, -0.15) is 0 Å². The van der Waals surface area contributed by atoms with Crippen molar-refractivity contribution in [2.75, 3.05) is 26.2 Å². The van der Waals surface area contributed by atoms with Crippen molar-refractivity contribution < 1.29 is 9.64 Å². The zero-order chi connectivity index (χ0) is 13.3. The largest absolute Gasteiger partial charge is 0.494 e. The molecule has 3 heteroatoms. The number of benzene rings is 1. The Kier molecular flexibility index (Phi) is 6.52. The minimum atomic E-state index is 0.761. The Morgan fingerprint density at radius 2 is 1.63 bits per heavy atom. The van der Waals surface area contributed by atoms with Gasteiger partial charge in [0.15, 0.2) is 0 Å². The van der Waals surface area contributed by atoms with Crippen LogP contribution in [0.3, 0.4) is 0 Å². The molecule has 1 aliphatic heterocycles. The molecule has 1 fully saturated rings. The number of quaternary nitrogens is 1. The van der Waals surface area contributed by atoms with Crippen molar-refractivity contribution in [3.63, 3.8) is 0 Å². The average Bonchev–Trinajstić information content (AvgIpc) is 2.69. The summed E-state index contributed by atoms with van der Waals surface area (Å²) in [7, 11) is 0. The Bertz CT molecular complexity index is 344. The number of ether oxygens (including phenoxy) is 1. The van der Waals surface area contributed by atoms with Gasteiger partial charge in [0.2, 0.25) is 0 Å². The molecule has 1 aromatic rings. The van der Waals surface area contributed by atoms with E-state index in [0.29, 0.717) is 0 Å². The summed E-state index contributed by atoms with van der Waals surface area (Å²) in [6.45, 7) is 4.87. The molecule has 0 radical (unpaired) electrons. The van der Waals surface area contributed by atoms with E-state index in [4.69, 9.17) is 16.3 Å². The van der Waals surface area contributed by atoms with Crippen molar-refractivity contribution in [1.29, 1.82) is 0 Å². The van der Waals surface area contributed by atoms with Crippen LogP contribution in [0.2, 0.25) is 5.02 Å². The molecular formula is C16H25ClNO+. The smallest absolute Gasteiger partial charge is 0.119 e. The SMILES string of the molecule is Clc1ccc(OCCCC[NH+]2CCCCCC2)cc1. The fraction of sp³-hybridized carbons (Fsp3) is 0.625. The van der Waals surface area contributed by atoms with Gasteiger partial charge < -0.3 is 9.64 Å². The molecule has 106 valence electrons. The molecule has 1 saturated heterocycles. The quantitative estimate of drug-likeness (QED) is 0.792. The summed E-state index contributed by atoms with van der Waals surface area (Å²) in [6, 6.07) is 7.61.